The molecule has 0 atom stereocenters. The fourth-order valence-electron chi connectivity index (χ4n) is 2.73. The van der Waals surface area contributed by atoms with Crippen LogP contribution in [0.4, 0.5) is 0 Å². The van der Waals surface area contributed by atoms with Gasteiger partial charge in [-0.25, -0.2) is 8.42 Å². The van der Waals surface area contributed by atoms with Gasteiger partial charge in [0.25, 0.3) is 0 Å². The fraction of sp³-hybridized carbons (Fsp3) is 0.429. The number of hydrogen-bond donors (Lipinski definition) is 2. The molecule has 3 rings (SSSR count). The van der Waals surface area contributed by atoms with E-state index in [9.17, 15) is 8.42 Å². The van der Waals surface area contributed by atoms with Crippen LogP contribution in [0, 0.1) is 5.92 Å². The zero-order valence-electron chi connectivity index (χ0n) is 11.1. The highest BCUT2D eigenvalue weighted by Gasteiger charge is 2.30. The molecule has 5 nitrogen and oxygen atoms in total. The van der Waals surface area contributed by atoms with E-state index in [1.807, 2.05) is 24.3 Å². The lowest BCUT2D eigenvalue weighted by molar-refractivity contribution is 0.170. The summed E-state index contributed by atoms with van der Waals surface area (Å²) in [6.07, 6.45) is 3.01. The molecule has 0 unspecified atom stereocenters. The Kier molecular flexibility index (Phi) is 3.54. The second-order valence-corrected chi connectivity index (χ2v) is 7.13. The van der Waals surface area contributed by atoms with Crippen LogP contribution >= 0.6 is 0 Å². The molecule has 0 radical (unpaired) electrons. The number of hydrogen-bond acceptors (Lipinski definition) is 3. The van der Waals surface area contributed by atoms with Gasteiger partial charge in [0.15, 0.2) is 0 Å². The molecule has 0 amide bonds. The second-order valence-electron chi connectivity index (χ2n) is 5.23. The first-order chi connectivity index (χ1) is 9.63. The van der Waals surface area contributed by atoms with Gasteiger partial charge in [-0.15, -0.1) is 0 Å². The molecule has 1 fully saturated rings. The van der Waals surface area contributed by atoms with Crippen molar-refractivity contribution < 1.29 is 13.5 Å². The highest BCUT2D eigenvalue weighted by molar-refractivity contribution is 7.89. The van der Waals surface area contributed by atoms with Gasteiger partial charge in [-0.05, 0) is 24.8 Å². The van der Waals surface area contributed by atoms with Crippen molar-refractivity contribution in [1.82, 2.24) is 9.29 Å². The van der Waals surface area contributed by atoms with Gasteiger partial charge in [-0.3, -0.25) is 0 Å². The number of aromatic amines is 1. The molecule has 2 N–H and O–H groups in total. The number of nitrogens with one attached hydrogen (secondary N) is 1. The largest absolute Gasteiger partial charge is 0.396 e. The summed E-state index contributed by atoms with van der Waals surface area (Å²) in [6, 6.07) is 7.40. The average molecular weight is 294 g/mol. The number of aliphatic hydroxyl groups is 1. The van der Waals surface area contributed by atoms with Crippen molar-refractivity contribution in [2.75, 3.05) is 19.7 Å². The average Bonchev–Trinajstić information content (AvgIpc) is 2.92. The number of fused-ring (bicyclic) bond motifs is 1. The maximum atomic E-state index is 12.7. The van der Waals surface area contributed by atoms with E-state index in [1.165, 1.54) is 4.31 Å². The minimum absolute atomic E-state index is 0.140. The Hall–Kier alpha value is -1.37. The SMILES string of the molecule is O=S(=O)(c1c[nH]c2ccccc12)N1CCC(CO)CC1. The maximum absolute atomic E-state index is 12.7. The van der Waals surface area contributed by atoms with Crippen LogP contribution in [0.3, 0.4) is 0 Å². The van der Waals surface area contributed by atoms with Crippen molar-refractivity contribution >= 4 is 20.9 Å². The molecule has 6 heteroatoms. The molecule has 0 saturated carbocycles. The predicted octanol–water partition coefficient (Wildman–Crippen LogP) is 1.56. The number of rotatable bonds is 3. The standard InChI is InChI=1S/C14H18N2O3S/c17-10-11-5-7-16(8-6-11)20(18,19)14-9-15-13-4-2-1-3-12(13)14/h1-4,9,11,15,17H,5-8,10H2. The van der Waals surface area contributed by atoms with Crippen molar-refractivity contribution in [3.05, 3.63) is 30.5 Å². The van der Waals surface area contributed by atoms with Crippen LogP contribution in [0.15, 0.2) is 35.4 Å². The van der Waals surface area contributed by atoms with Crippen LogP contribution in [0.2, 0.25) is 0 Å². The van der Waals surface area contributed by atoms with Crippen LogP contribution in [0.25, 0.3) is 10.9 Å². The maximum Gasteiger partial charge on any atom is 0.245 e. The highest BCUT2D eigenvalue weighted by Crippen LogP contribution is 2.28. The summed E-state index contributed by atoms with van der Waals surface area (Å²) in [4.78, 5) is 3.35. The first kappa shape index (κ1) is 13.6. The molecule has 1 aliphatic rings. The van der Waals surface area contributed by atoms with E-state index in [0.29, 0.717) is 18.0 Å². The summed E-state index contributed by atoms with van der Waals surface area (Å²) < 4.78 is 26.9. The summed E-state index contributed by atoms with van der Waals surface area (Å²) in [6.45, 7) is 1.10. The van der Waals surface area contributed by atoms with Crippen molar-refractivity contribution in [2.24, 2.45) is 5.92 Å². The third-order valence-electron chi connectivity index (χ3n) is 4.00. The van der Waals surface area contributed by atoms with Gasteiger partial charge >= 0.3 is 0 Å². The molecule has 2 aromatic rings. The van der Waals surface area contributed by atoms with Crippen LogP contribution in [-0.4, -0.2) is 42.5 Å². The van der Waals surface area contributed by atoms with Gasteiger partial charge < -0.3 is 10.1 Å². The van der Waals surface area contributed by atoms with E-state index in [0.717, 1.165) is 23.7 Å². The zero-order valence-corrected chi connectivity index (χ0v) is 11.9. The number of aliphatic hydroxyl groups excluding tert-OH is 1. The summed E-state index contributed by atoms with van der Waals surface area (Å²) in [5.74, 6) is 0.226. The lowest BCUT2D eigenvalue weighted by atomic mass is 10.00. The number of para-hydroxylation sites is 1. The molecule has 1 aromatic heterocycles. The van der Waals surface area contributed by atoms with Gasteiger partial charge in [0.05, 0.1) is 0 Å². The number of benzene rings is 1. The van der Waals surface area contributed by atoms with Gasteiger partial charge in [0.2, 0.25) is 10.0 Å². The fourth-order valence-corrected chi connectivity index (χ4v) is 4.36. The molecule has 0 bridgehead atoms. The minimum atomic E-state index is -3.46. The van der Waals surface area contributed by atoms with E-state index in [4.69, 9.17) is 5.11 Å². The van der Waals surface area contributed by atoms with Gasteiger partial charge in [0, 0.05) is 36.8 Å². The summed E-state index contributed by atoms with van der Waals surface area (Å²) in [7, 11) is -3.46. The molecular weight excluding hydrogens is 276 g/mol. The molecule has 2 heterocycles. The Morgan fingerprint density at radius 2 is 1.95 bits per heavy atom. The molecule has 1 aliphatic heterocycles. The van der Waals surface area contributed by atoms with Gasteiger partial charge in [0.1, 0.15) is 4.90 Å². The number of piperidine rings is 1. The predicted molar refractivity (Wildman–Crippen MR) is 76.9 cm³/mol. The molecule has 0 spiro atoms. The second kappa shape index (κ2) is 5.20. The monoisotopic (exact) mass is 294 g/mol. The summed E-state index contributed by atoms with van der Waals surface area (Å²) >= 11 is 0. The lowest BCUT2D eigenvalue weighted by Gasteiger charge is -2.30. The Bertz CT molecular complexity index is 700. The number of sulfonamides is 1. The quantitative estimate of drug-likeness (QED) is 0.902. The van der Waals surface area contributed by atoms with Crippen LogP contribution < -0.4 is 0 Å². The first-order valence-electron chi connectivity index (χ1n) is 6.80. The van der Waals surface area contributed by atoms with E-state index in [2.05, 4.69) is 4.98 Å². The van der Waals surface area contributed by atoms with Crippen LogP contribution in [0.1, 0.15) is 12.8 Å². The molecular formula is C14H18N2O3S. The molecule has 108 valence electrons. The van der Waals surface area contributed by atoms with E-state index < -0.39 is 10.0 Å². The van der Waals surface area contributed by atoms with Crippen LogP contribution in [0.5, 0.6) is 0 Å². The van der Waals surface area contributed by atoms with E-state index >= 15 is 0 Å². The van der Waals surface area contributed by atoms with Crippen molar-refractivity contribution in [3.63, 3.8) is 0 Å². The Morgan fingerprint density at radius 1 is 1.25 bits per heavy atom. The molecule has 1 saturated heterocycles. The molecule has 0 aliphatic carbocycles. The topological polar surface area (TPSA) is 73.4 Å². The van der Waals surface area contributed by atoms with Crippen molar-refractivity contribution in [2.45, 2.75) is 17.7 Å². The molecule has 1 aromatic carbocycles. The Labute approximate surface area is 118 Å². The lowest BCUT2D eigenvalue weighted by Crippen LogP contribution is -2.39. The van der Waals surface area contributed by atoms with E-state index in [-0.39, 0.29) is 12.5 Å². The third-order valence-corrected chi connectivity index (χ3v) is 5.94. The highest BCUT2D eigenvalue weighted by atomic mass is 32.2. The summed E-state index contributed by atoms with van der Waals surface area (Å²) in [5.41, 5.74) is 0.830. The summed E-state index contributed by atoms with van der Waals surface area (Å²) in [5, 5.41) is 9.87. The normalized spacial score (nSPS) is 18.6. The number of H-pyrrole nitrogens is 1. The minimum Gasteiger partial charge on any atom is -0.396 e. The molecule has 20 heavy (non-hydrogen) atoms. The smallest absolute Gasteiger partial charge is 0.245 e. The Morgan fingerprint density at radius 3 is 2.65 bits per heavy atom. The number of aromatic nitrogens is 1. The zero-order chi connectivity index (χ0) is 14.2. The number of nitrogens with zero attached hydrogens (tertiary/aromatic N) is 1. The van der Waals surface area contributed by atoms with Gasteiger partial charge in [-0.1, -0.05) is 18.2 Å². The van der Waals surface area contributed by atoms with E-state index in [1.54, 1.807) is 6.20 Å². The van der Waals surface area contributed by atoms with Crippen LogP contribution in [-0.2, 0) is 10.0 Å². The first-order valence-corrected chi connectivity index (χ1v) is 8.24. The van der Waals surface area contributed by atoms with Crippen molar-refractivity contribution in [3.8, 4) is 0 Å². The van der Waals surface area contributed by atoms with Crippen molar-refractivity contribution in [1.29, 1.82) is 0 Å². The Balaban J connectivity index is 1.92. The third kappa shape index (κ3) is 2.24. The van der Waals surface area contributed by atoms with Gasteiger partial charge in [-0.2, -0.15) is 4.31 Å².